The maximum Gasteiger partial charge on any atom is 0.169 e. The zero-order valence-corrected chi connectivity index (χ0v) is 15.2. The predicted octanol–water partition coefficient (Wildman–Crippen LogP) is 4.44. The smallest absolute Gasteiger partial charge is 0.169 e. The van der Waals surface area contributed by atoms with Gasteiger partial charge >= 0.3 is 0 Å². The Balaban J connectivity index is 1.60. The first-order valence-corrected chi connectivity index (χ1v) is 9.43. The number of imidazole rings is 1. The molecule has 130 valence electrons. The van der Waals surface area contributed by atoms with Gasteiger partial charge in [-0.1, -0.05) is 54.2 Å². The van der Waals surface area contributed by atoms with Crippen LogP contribution >= 0.6 is 11.8 Å². The third-order valence-electron chi connectivity index (χ3n) is 4.01. The second-order valence-corrected chi connectivity index (χ2v) is 6.83. The minimum Gasteiger partial charge on any atom is -0.383 e. The number of nitrogens with zero attached hydrogens (tertiary/aromatic N) is 2. The van der Waals surface area contributed by atoms with Crippen molar-refractivity contribution in [3.8, 4) is 0 Å². The molecule has 2 aromatic carbocycles. The minimum absolute atomic E-state index is 0.203. The first-order valence-electron chi connectivity index (χ1n) is 8.45. The second kappa shape index (κ2) is 8.83. The van der Waals surface area contributed by atoms with E-state index in [0.29, 0.717) is 13.0 Å². The maximum atomic E-state index is 12.2. The van der Waals surface area contributed by atoms with E-state index in [1.165, 1.54) is 0 Å². The van der Waals surface area contributed by atoms with Crippen molar-refractivity contribution in [2.75, 3.05) is 19.5 Å². The van der Waals surface area contributed by atoms with Crippen LogP contribution in [0.2, 0.25) is 0 Å². The zero-order chi connectivity index (χ0) is 17.5. The van der Waals surface area contributed by atoms with Crippen molar-refractivity contribution in [1.82, 2.24) is 9.55 Å². The molecule has 1 heterocycles. The molecule has 3 aromatic rings. The SMILES string of the molecule is COCCn1c(SCCCC(=O)c2ccccc2)nc2ccccc21. The molecule has 0 fully saturated rings. The number of fused-ring (bicyclic) bond motifs is 1. The third kappa shape index (κ3) is 4.50. The highest BCUT2D eigenvalue weighted by atomic mass is 32.2. The van der Waals surface area contributed by atoms with Crippen molar-refractivity contribution in [3.63, 3.8) is 0 Å². The number of carbonyl (C=O) groups is 1. The summed E-state index contributed by atoms with van der Waals surface area (Å²) < 4.78 is 7.42. The number of benzene rings is 2. The molecule has 0 aliphatic carbocycles. The van der Waals surface area contributed by atoms with Crippen LogP contribution in [0.5, 0.6) is 0 Å². The van der Waals surface area contributed by atoms with Crippen molar-refractivity contribution < 1.29 is 9.53 Å². The van der Waals surface area contributed by atoms with E-state index in [-0.39, 0.29) is 5.78 Å². The summed E-state index contributed by atoms with van der Waals surface area (Å²) in [6, 6.07) is 17.6. The van der Waals surface area contributed by atoms with E-state index in [1.54, 1.807) is 18.9 Å². The van der Waals surface area contributed by atoms with E-state index in [0.717, 1.165) is 40.5 Å². The monoisotopic (exact) mass is 354 g/mol. The van der Waals surface area contributed by atoms with E-state index in [2.05, 4.69) is 10.6 Å². The van der Waals surface area contributed by atoms with Crippen LogP contribution in [0, 0.1) is 0 Å². The number of para-hydroxylation sites is 2. The molecule has 3 rings (SSSR count). The molecule has 0 spiro atoms. The quantitative estimate of drug-likeness (QED) is 0.324. The molecule has 0 unspecified atom stereocenters. The topological polar surface area (TPSA) is 44.1 Å². The normalized spacial score (nSPS) is 11.1. The van der Waals surface area contributed by atoms with Crippen LogP contribution in [-0.4, -0.2) is 34.8 Å². The molecule has 1 aromatic heterocycles. The molecule has 0 N–H and O–H groups in total. The number of aromatic nitrogens is 2. The highest BCUT2D eigenvalue weighted by molar-refractivity contribution is 7.99. The van der Waals surface area contributed by atoms with Gasteiger partial charge in [-0.2, -0.15) is 0 Å². The zero-order valence-electron chi connectivity index (χ0n) is 14.4. The molecular formula is C20H22N2O2S. The lowest BCUT2D eigenvalue weighted by Gasteiger charge is -2.08. The fourth-order valence-corrected chi connectivity index (χ4v) is 3.71. The summed E-state index contributed by atoms with van der Waals surface area (Å²) in [6.45, 7) is 1.43. The molecule has 0 radical (unpaired) electrons. The Kier molecular flexibility index (Phi) is 6.25. The first kappa shape index (κ1) is 17.7. The Morgan fingerprint density at radius 3 is 2.68 bits per heavy atom. The molecule has 0 atom stereocenters. The number of ketones is 1. The molecule has 0 amide bonds. The van der Waals surface area contributed by atoms with Crippen molar-refractivity contribution in [3.05, 3.63) is 60.2 Å². The summed E-state index contributed by atoms with van der Waals surface area (Å²) in [6.07, 6.45) is 1.40. The van der Waals surface area contributed by atoms with E-state index in [4.69, 9.17) is 9.72 Å². The van der Waals surface area contributed by atoms with Crippen molar-refractivity contribution >= 4 is 28.6 Å². The number of hydrogen-bond acceptors (Lipinski definition) is 4. The lowest BCUT2D eigenvalue weighted by molar-refractivity contribution is 0.0982. The Hall–Kier alpha value is -2.11. The van der Waals surface area contributed by atoms with Gasteiger partial charge in [-0.15, -0.1) is 0 Å². The number of ether oxygens (including phenoxy) is 1. The van der Waals surface area contributed by atoms with Crippen LogP contribution < -0.4 is 0 Å². The number of Topliss-reactive ketones (excluding diaryl/α,β-unsaturated/α-hetero) is 1. The van der Waals surface area contributed by atoms with Crippen molar-refractivity contribution in [2.24, 2.45) is 0 Å². The number of rotatable bonds is 9. The lowest BCUT2D eigenvalue weighted by Crippen LogP contribution is -2.06. The minimum atomic E-state index is 0.203. The fraction of sp³-hybridized carbons (Fsp3) is 0.300. The maximum absolute atomic E-state index is 12.2. The van der Waals surface area contributed by atoms with Crippen molar-refractivity contribution in [2.45, 2.75) is 24.5 Å². The fourth-order valence-electron chi connectivity index (χ4n) is 2.73. The number of hydrogen-bond donors (Lipinski definition) is 0. The molecule has 0 aliphatic heterocycles. The lowest BCUT2D eigenvalue weighted by atomic mass is 10.1. The first-order chi connectivity index (χ1) is 12.3. The molecule has 4 nitrogen and oxygen atoms in total. The van der Waals surface area contributed by atoms with Crippen molar-refractivity contribution in [1.29, 1.82) is 0 Å². The van der Waals surface area contributed by atoms with Crippen LogP contribution in [-0.2, 0) is 11.3 Å². The van der Waals surface area contributed by atoms with Gasteiger partial charge in [-0.05, 0) is 18.6 Å². The van der Waals surface area contributed by atoms with Gasteiger partial charge in [0, 0.05) is 31.4 Å². The average Bonchev–Trinajstić information content (AvgIpc) is 3.01. The van der Waals surface area contributed by atoms with Gasteiger partial charge in [0.25, 0.3) is 0 Å². The molecule has 5 heteroatoms. The highest BCUT2D eigenvalue weighted by Crippen LogP contribution is 2.25. The molecule has 0 saturated heterocycles. The van der Waals surface area contributed by atoms with E-state index >= 15 is 0 Å². The standard InChI is InChI=1S/C20H22N2O2S/c1-24-14-13-22-18-11-6-5-10-17(18)21-20(22)25-15-7-12-19(23)16-8-3-2-4-9-16/h2-6,8-11H,7,12-15H2,1H3. The summed E-state index contributed by atoms with van der Waals surface area (Å²) in [5, 5.41) is 0.991. The summed E-state index contributed by atoms with van der Waals surface area (Å²) >= 11 is 1.70. The Morgan fingerprint density at radius 1 is 1.12 bits per heavy atom. The molecule has 25 heavy (non-hydrogen) atoms. The van der Waals surface area contributed by atoms with Crippen LogP contribution in [0.15, 0.2) is 59.8 Å². The van der Waals surface area contributed by atoms with Crippen LogP contribution in [0.3, 0.4) is 0 Å². The molecule has 0 saturated carbocycles. The molecular weight excluding hydrogens is 332 g/mol. The average molecular weight is 354 g/mol. The van der Waals surface area contributed by atoms with Gasteiger partial charge in [-0.3, -0.25) is 4.79 Å². The number of carbonyl (C=O) groups excluding carboxylic acids is 1. The van der Waals surface area contributed by atoms with Gasteiger partial charge in [0.15, 0.2) is 10.9 Å². The summed E-state index contributed by atoms with van der Waals surface area (Å²) in [5.74, 6) is 1.07. The van der Waals surface area contributed by atoms with E-state index in [9.17, 15) is 4.79 Å². The Morgan fingerprint density at radius 2 is 1.88 bits per heavy atom. The van der Waals surface area contributed by atoms with Crippen LogP contribution in [0.25, 0.3) is 11.0 Å². The van der Waals surface area contributed by atoms with Crippen LogP contribution in [0.4, 0.5) is 0 Å². The molecule has 0 bridgehead atoms. The Labute approximate surface area is 152 Å². The highest BCUT2D eigenvalue weighted by Gasteiger charge is 2.11. The van der Waals surface area contributed by atoms with Gasteiger partial charge in [0.2, 0.25) is 0 Å². The van der Waals surface area contributed by atoms with Gasteiger partial charge < -0.3 is 9.30 Å². The summed E-state index contributed by atoms with van der Waals surface area (Å²) in [4.78, 5) is 16.9. The summed E-state index contributed by atoms with van der Waals surface area (Å²) in [5.41, 5.74) is 2.92. The Bertz CT molecular complexity index is 830. The van der Waals surface area contributed by atoms with Gasteiger partial charge in [0.05, 0.1) is 17.6 Å². The largest absolute Gasteiger partial charge is 0.383 e. The number of thioether (sulfide) groups is 1. The predicted molar refractivity (Wildman–Crippen MR) is 102 cm³/mol. The molecule has 0 aliphatic rings. The van der Waals surface area contributed by atoms with E-state index in [1.807, 2.05) is 48.5 Å². The van der Waals surface area contributed by atoms with Crippen LogP contribution in [0.1, 0.15) is 23.2 Å². The second-order valence-electron chi connectivity index (χ2n) is 5.77. The number of methoxy groups -OCH3 is 1. The van der Waals surface area contributed by atoms with Gasteiger partial charge in [-0.25, -0.2) is 4.98 Å². The van der Waals surface area contributed by atoms with Gasteiger partial charge in [0.1, 0.15) is 0 Å². The third-order valence-corrected chi connectivity index (χ3v) is 5.08. The van der Waals surface area contributed by atoms with E-state index < -0.39 is 0 Å². The summed E-state index contributed by atoms with van der Waals surface area (Å²) in [7, 11) is 1.71.